The van der Waals surface area contributed by atoms with Crippen LogP contribution in [0.5, 0.6) is 0 Å². The van der Waals surface area contributed by atoms with Gasteiger partial charge in [0.1, 0.15) is 11.6 Å². The van der Waals surface area contributed by atoms with Crippen LogP contribution >= 0.6 is 35.0 Å². The van der Waals surface area contributed by atoms with Gasteiger partial charge >= 0.3 is 0 Å². The zero-order valence-electron chi connectivity index (χ0n) is 15.1. The maximum atomic E-state index is 12.3. The normalized spacial score (nSPS) is 10.8. The molecule has 0 saturated carbocycles. The van der Waals surface area contributed by atoms with E-state index in [2.05, 4.69) is 15.5 Å². The maximum absolute atomic E-state index is 12.3. The average Bonchev–Trinajstić information content (AvgIpc) is 3.33. The number of aryl methyl sites for hydroxylation is 1. The summed E-state index contributed by atoms with van der Waals surface area (Å²) in [4.78, 5) is 23.4. The van der Waals surface area contributed by atoms with Crippen LogP contribution in [0.2, 0.25) is 10.0 Å². The molecule has 0 unspecified atom stereocenters. The number of nitrogens with two attached hydrogens (primary N) is 1. The first-order chi connectivity index (χ1) is 13.9. The van der Waals surface area contributed by atoms with Crippen molar-refractivity contribution in [1.29, 1.82) is 0 Å². The Morgan fingerprint density at radius 3 is 2.76 bits per heavy atom. The fourth-order valence-electron chi connectivity index (χ4n) is 2.48. The largest absolute Gasteiger partial charge is 0.467 e. The number of furan rings is 1. The van der Waals surface area contributed by atoms with Gasteiger partial charge in [-0.3, -0.25) is 14.2 Å². The molecule has 2 heterocycles. The van der Waals surface area contributed by atoms with E-state index < -0.39 is 5.91 Å². The molecule has 0 bridgehead atoms. The van der Waals surface area contributed by atoms with Crippen molar-refractivity contribution >= 4 is 52.5 Å². The van der Waals surface area contributed by atoms with Crippen LogP contribution in [0.1, 0.15) is 18.0 Å². The van der Waals surface area contributed by atoms with E-state index in [0.29, 0.717) is 40.4 Å². The van der Waals surface area contributed by atoms with Gasteiger partial charge in [0, 0.05) is 12.8 Å². The van der Waals surface area contributed by atoms with Gasteiger partial charge in [0.15, 0.2) is 5.16 Å². The Kier molecular flexibility index (Phi) is 7.18. The van der Waals surface area contributed by atoms with Crippen LogP contribution in [-0.2, 0) is 22.6 Å². The Labute approximate surface area is 180 Å². The van der Waals surface area contributed by atoms with Gasteiger partial charge in [-0.2, -0.15) is 0 Å². The first-order valence-corrected chi connectivity index (χ1v) is 10.3. The molecule has 2 amide bonds. The Hall–Kier alpha value is -2.49. The van der Waals surface area contributed by atoms with Gasteiger partial charge in [-0.25, -0.2) is 0 Å². The number of hydrogen-bond acceptors (Lipinski definition) is 6. The Morgan fingerprint density at radius 1 is 1.21 bits per heavy atom. The predicted molar refractivity (Wildman–Crippen MR) is 111 cm³/mol. The molecule has 1 aromatic carbocycles. The Morgan fingerprint density at radius 2 is 2.03 bits per heavy atom. The molecule has 3 N–H and O–H groups in total. The highest BCUT2D eigenvalue weighted by atomic mass is 35.5. The number of halogens is 2. The van der Waals surface area contributed by atoms with Crippen molar-refractivity contribution in [3.05, 3.63) is 58.2 Å². The molecule has 0 aliphatic heterocycles. The van der Waals surface area contributed by atoms with Crippen molar-refractivity contribution in [2.75, 3.05) is 11.1 Å². The standard InChI is InChI=1S/C18H17Cl2N5O3S/c19-12-4-1-5-13(17(12)20)22-16(27)10-29-18-24-23-15(7-6-14(21)26)25(18)9-11-3-2-8-28-11/h1-5,8H,6-7,9-10H2,(H2,21,26)(H,22,27). The fraction of sp³-hybridized carbons (Fsp3) is 0.222. The number of hydrogen-bond donors (Lipinski definition) is 2. The molecular weight excluding hydrogens is 437 g/mol. The van der Waals surface area contributed by atoms with Gasteiger partial charge in [0.2, 0.25) is 11.8 Å². The molecular formula is C18H17Cl2N5O3S. The number of carbonyl (C=O) groups is 2. The predicted octanol–water partition coefficient (Wildman–Crippen LogP) is 3.37. The van der Waals surface area contributed by atoms with E-state index in [9.17, 15) is 9.59 Å². The molecule has 11 heteroatoms. The first kappa shape index (κ1) is 21.2. The summed E-state index contributed by atoms with van der Waals surface area (Å²) in [7, 11) is 0. The molecule has 0 spiro atoms. The zero-order valence-corrected chi connectivity index (χ0v) is 17.4. The number of carbonyl (C=O) groups excluding carboxylic acids is 2. The van der Waals surface area contributed by atoms with Crippen molar-refractivity contribution in [2.45, 2.75) is 24.5 Å². The number of amides is 2. The third-order valence-electron chi connectivity index (χ3n) is 3.84. The van der Waals surface area contributed by atoms with Crippen LogP contribution in [0.4, 0.5) is 5.69 Å². The lowest BCUT2D eigenvalue weighted by Crippen LogP contribution is -2.16. The smallest absolute Gasteiger partial charge is 0.234 e. The number of thioether (sulfide) groups is 1. The minimum absolute atomic E-state index is 0.0783. The molecule has 2 aromatic heterocycles. The average molecular weight is 454 g/mol. The summed E-state index contributed by atoms with van der Waals surface area (Å²) in [5.74, 6) is 0.660. The van der Waals surface area contributed by atoms with Crippen LogP contribution in [0.25, 0.3) is 0 Å². The lowest BCUT2D eigenvalue weighted by atomic mass is 10.3. The molecule has 3 aromatic rings. The Bertz CT molecular complexity index is 1010. The van der Waals surface area contributed by atoms with E-state index in [1.807, 2.05) is 6.07 Å². The van der Waals surface area contributed by atoms with Gasteiger partial charge in [-0.15, -0.1) is 10.2 Å². The number of benzene rings is 1. The summed E-state index contributed by atoms with van der Waals surface area (Å²) < 4.78 is 7.19. The maximum Gasteiger partial charge on any atom is 0.234 e. The van der Waals surface area contributed by atoms with Gasteiger partial charge in [0.05, 0.1) is 34.3 Å². The number of anilines is 1. The second-order valence-electron chi connectivity index (χ2n) is 5.97. The number of rotatable bonds is 9. The minimum Gasteiger partial charge on any atom is -0.467 e. The molecule has 0 saturated heterocycles. The summed E-state index contributed by atoms with van der Waals surface area (Å²) >= 11 is 13.3. The van der Waals surface area contributed by atoms with Crippen LogP contribution in [0, 0.1) is 0 Å². The third-order valence-corrected chi connectivity index (χ3v) is 5.63. The van der Waals surface area contributed by atoms with E-state index in [0.717, 1.165) is 0 Å². The summed E-state index contributed by atoms with van der Waals surface area (Å²) in [6.45, 7) is 0.373. The zero-order chi connectivity index (χ0) is 20.8. The minimum atomic E-state index is -0.426. The number of nitrogens with one attached hydrogen (secondary N) is 1. The van der Waals surface area contributed by atoms with Gasteiger partial charge < -0.3 is 15.5 Å². The van der Waals surface area contributed by atoms with Gasteiger partial charge in [-0.1, -0.05) is 41.0 Å². The molecule has 152 valence electrons. The Balaban J connectivity index is 1.69. The van der Waals surface area contributed by atoms with Crippen LogP contribution in [-0.4, -0.2) is 32.3 Å². The van der Waals surface area contributed by atoms with Crippen molar-refractivity contribution in [3.63, 3.8) is 0 Å². The molecule has 0 radical (unpaired) electrons. The van der Waals surface area contributed by atoms with Crippen molar-refractivity contribution in [1.82, 2.24) is 14.8 Å². The first-order valence-electron chi connectivity index (χ1n) is 8.53. The number of primary amides is 1. The number of nitrogens with zero attached hydrogens (tertiary/aromatic N) is 3. The number of aromatic nitrogens is 3. The second-order valence-corrected chi connectivity index (χ2v) is 7.70. The highest BCUT2D eigenvalue weighted by Crippen LogP contribution is 2.29. The van der Waals surface area contributed by atoms with E-state index in [1.165, 1.54) is 11.8 Å². The van der Waals surface area contributed by atoms with Crippen molar-refractivity contribution in [3.8, 4) is 0 Å². The highest BCUT2D eigenvalue weighted by molar-refractivity contribution is 7.99. The molecule has 0 atom stereocenters. The van der Waals surface area contributed by atoms with Crippen molar-refractivity contribution < 1.29 is 14.0 Å². The molecule has 0 aliphatic rings. The summed E-state index contributed by atoms with van der Waals surface area (Å²) in [5.41, 5.74) is 5.67. The second kappa shape index (κ2) is 9.82. The van der Waals surface area contributed by atoms with E-state index >= 15 is 0 Å². The molecule has 0 aliphatic carbocycles. The third kappa shape index (κ3) is 5.75. The topological polar surface area (TPSA) is 116 Å². The van der Waals surface area contributed by atoms with E-state index in [1.54, 1.807) is 35.1 Å². The van der Waals surface area contributed by atoms with Crippen LogP contribution in [0.15, 0.2) is 46.2 Å². The van der Waals surface area contributed by atoms with Gasteiger partial charge in [-0.05, 0) is 24.3 Å². The SMILES string of the molecule is NC(=O)CCc1nnc(SCC(=O)Nc2cccc(Cl)c2Cl)n1Cc1ccco1. The molecule has 29 heavy (non-hydrogen) atoms. The van der Waals surface area contributed by atoms with Crippen LogP contribution in [0.3, 0.4) is 0 Å². The molecule has 3 rings (SSSR count). The lowest BCUT2D eigenvalue weighted by Gasteiger charge is -2.09. The summed E-state index contributed by atoms with van der Waals surface area (Å²) in [6, 6.07) is 8.59. The summed E-state index contributed by atoms with van der Waals surface area (Å²) in [6.07, 6.45) is 2.06. The van der Waals surface area contributed by atoms with Gasteiger partial charge in [0.25, 0.3) is 0 Å². The lowest BCUT2D eigenvalue weighted by molar-refractivity contribution is -0.118. The molecule has 0 fully saturated rings. The quantitative estimate of drug-likeness (QED) is 0.479. The van der Waals surface area contributed by atoms with Crippen LogP contribution < -0.4 is 11.1 Å². The summed E-state index contributed by atoms with van der Waals surface area (Å²) in [5, 5.41) is 12.1. The highest BCUT2D eigenvalue weighted by Gasteiger charge is 2.17. The fourth-order valence-corrected chi connectivity index (χ4v) is 3.58. The monoisotopic (exact) mass is 453 g/mol. The van der Waals surface area contributed by atoms with E-state index in [4.69, 9.17) is 33.4 Å². The van der Waals surface area contributed by atoms with E-state index in [-0.39, 0.29) is 23.1 Å². The molecule has 8 nitrogen and oxygen atoms in total. The van der Waals surface area contributed by atoms with Crippen molar-refractivity contribution in [2.24, 2.45) is 5.73 Å².